The molecule has 0 radical (unpaired) electrons. The molecule has 148 valence electrons. The third-order valence-corrected chi connectivity index (χ3v) is 6.46. The molecule has 0 saturated carbocycles. The summed E-state index contributed by atoms with van der Waals surface area (Å²) >= 11 is 8.17. The van der Waals surface area contributed by atoms with Gasteiger partial charge in [0.1, 0.15) is 5.65 Å². The van der Waals surface area contributed by atoms with Crippen LogP contribution in [0.2, 0.25) is 5.02 Å². The van der Waals surface area contributed by atoms with Crippen LogP contribution in [0.3, 0.4) is 0 Å². The molecule has 4 aromatic rings. The van der Waals surface area contributed by atoms with Crippen molar-refractivity contribution in [3.05, 3.63) is 65.1 Å². The normalized spacial score (nSPS) is 14.2. The predicted octanol–water partition coefficient (Wildman–Crippen LogP) is 4.77. The minimum Gasteiger partial charge on any atom is -0.341 e. The third kappa shape index (κ3) is 3.49. The number of para-hydroxylation sites is 1. The molecule has 0 amide bonds. The maximum atomic E-state index is 6.53. The lowest BCUT2D eigenvalue weighted by Gasteiger charge is -2.19. The molecule has 0 spiro atoms. The number of hydrogen-bond donors (Lipinski definition) is 0. The van der Waals surface area contributed by atoms with Crippen LogP contribution in [-0.4, -0.2) is 37.2 Å². The lowest BCUT2D eigenvalue weighted by atomic mass is 10.3. The van der Waals surface area contributed by atoms with E-state index >= 15 is 0 Å². The second kappa shape index (κ2) is 7.72. The Morgan fingerprint density at radius 2 is 1.90 bits per heavy atom. The predicted molar refractivity (Wildman–Crippen MR) is 117 cm³/mol. The first-order valence-corrected chi connectivity index (χ1v) is 11.1. The lowest BCUT2D eigenvalue weighted by molar-refractivity contribution is 0.841. The molecular formula is C21H21ClN6S. The summed E-state index contributed by atoms with van der Waals surface area (Å²) in [6.07, 6.45) is 6.46. The highest BCUT2D eigenvalue weighted by Gasteiger charge is 2.23. The summed E-state index contributed by atoms with van der Waals surface area (Å²) in [7, 11) is 0. The molecule has 0 atom stereocenters. The Morgan fingerprint density at radius 1 is 1.07 bits per heavy atom. The van der Waals surface area contributed by atoms with E-state index in [0.29, 0.717) is 10.8 Å². The topological polar surface area (TPSA) is 51.2 Å². The Labute approximate surface area is 178 Å². The average molecular weight is 425 g/mol. The maximum Gasteiger partial charge on any atom is 0.232 e. The number of fused-ring (bicyclic) bond motifs is 1. The number of imidazole rings is 1. The van der Waals surface area contributed by atoms with Crippen LogP contribution in [-0.2, 0) is 5.75 Å². The van der Waals surface area contributed by atoms with Crippen molar-refractivity contribution in [2.75, 3.05) is 18.0 Å². The van der Waals surface area contributed by atoms with Gasteiger partial charge in [0.15, 0.2) is 5.16 Å². The third-order valence-electron chi connectivity index (χ3n) is 5.18. The summed E-state index contributed by atoms with van der Waals surface area (Å²) in [6.45, 7) is 4.08. The fraction of sp³-hybridized carbons (Fsp3) is 0.286. The molecule has 4 heterocycles. The second-order valence-corrected chi connectivity index (χ2v) is 8.56. The monoisotopic (exact) mass is 424 g/mol. The molecule has 5 rings (SSSR count). The fourth-order valence-electron chi connectivity index (χ4n) is 3.73. The van der Waals surface area contributed by atoms with Gasteiger partial charge < -0.3 is 9.30 Å². The summed E-state index contributed by atoms with van der Waals surface area (Å²) in [5.41, 5.74) is 4.09. The zero-order valence-electron chi connectivity index (χ0n) is 16.1. The van der Waals surface area contributed by atoms with Crippen LogP contribution in [0.4, 0.5) is 5.95 Å². The SMILES string of the molecule is Cc1cccn2cc(CSc3nnc(N4CCCC4)n3-c3ccccc3Cl)nc12. The van der Waals surface area contributed by atoms with Gasteiger partial charge in [-0.2, -0.15) is 0 Å². The molecule has 6 nitrogen and oxygen atoms in total. The summed E-state index contributed by atoms with van der Waals surface area (Å²) in [4.78, 5) is 7.07. The number of thioether (sulfide) groups is 1. The number of aryl methyl sites for hydroxylation is 1. The average Bonchev–Trinajstić information content (AvgIpc) is 3.46. The Hall–Kier alpha value is -2.51. The first-order chi connectivity index (χ1) is 14.2. The van der Waals surface area contributed by atoms with Crippen LogP contribution >= 0.6 is 23.4 Å². The van der Waals surface area contributed by atoms with Crippen LogP contribution < -0.4 is 4.90 Å². The number of hydrogen-bond acceptors (Lipinski definition) is 5. The van der Waals surface area contributed by atoms with E-state index in [-0.39, 0.29) is 0 Å². The zero-order chi connectivity index (χ0) is 19.8. The van der Waals surface area contributed by atoms with Crippen LogP contribution in [0.25, 0.3) is 11.3 Å². The molecular weight excluding hydrogens is 404 g/mol. The van der Waals surface area contributed by atoms with Crippen LogP contribution in [0.1, 0.15) is 24.1 Å². The zero-order valence-corrected chi connectivity index (χ0v) is 17.7. The van der Waals surface area contributed by atoms with Crippen molar-refractivity contribution in [1.82, 2.24) is 24.1 Å². The van der Waals surface area contributed by atoms with Crippen LogP contribution in [0.5, 0.6) is 0 Å². The van der Waals surface area contributed by atoms with E-state index in [2.05, 4.69) is 43.3 Å². The van der Waals surface area contributed by atoms with Crippen LogP contribution in [0.15, 0.2) is 53.9 Å². The largest absolute Gasteiger partial charge is 0.341 e. The second-order valence-electron chi connectivity index (χ2n) is 7.21. The number of aromatic nitrogens is 5. The molecule has 1 aliphatic heterocycles. The molecule has 0 bridgehead atoms. The standard InChI is InChI=1S/C21H21ClN6S/c1-15-7-6-12-27-13-16(23-19(15)27)14-29-21-25-24-20(26-10-4-5-11-26)28(21)18-9-3-2-8-17(18)22/h2-3,6-9,12-13H,4-5,10-11,14H2,1H3. The molecule has 29 heavy (non-hydrogen) atoms. The van der Waals surface area contributed by atoms with E-state index in [1.54, 1.807) is 11.8 Å². The van der Waals surface area contributed by atoms with Gasteiger partial charge in [-0.25, -0.2) is 4.98 Å². The minimum atomic E-state index is 0.693. The number of rotatable bonds is 5. The molecule has 1 fully saturated rings. The molecule has 1 aromatic carbocycles. The maximum absolute atomic E-state index is 6.53. The van der Waals surface area contributed by atoms with Gasteiger partial charge in [0.05, 0.1) is 16.4 Å². The Balaban J connectivity index is 1.49. The Morgan fingerprint density at radius 3 is 2.69 bits per heavy atom. The van der Waals surface area contributed by atoms with Gasteiger partial charge in [0.25, 0.3) is 0 Å². The summed E-state index contributed by atoms with van der Waals surface area (Å²) < 4.78 is 4.15. The van der Waals surface area contributed by atoms with Crippen molar-refractivity contribution in [3.63, 3.8) is 0 Å². The first kappa shape index (κ1) is 18.5. The minimum absolute atomic E-state index is 0.693. The fourth-order valence-corrected chi connectivity index (χ4v) is 4.78. The van der Waals surface area contributed by atoms with E-state index in [1.165, 1.54) is 18.4 Å². The number of halogens is 1. The van der Waals surface area contributed by atoms with Gasteiger partial charge in [-0.15, -0.1) is 10.2 Å². The molecule has 0 unspecified atom stereocenters. The van der Waals surface area contributed by atoms with Gasteiger partial charge in [-0.05, 0) is 43.5 Å². The van der Waals surface area contributed by atoms with E-state index in [4.69, 9.17) is 16.6 Å². The number of anilines is 1. The van der Waals surface area contributed by atoms with E-state index in [0.717, 1.165) is 41.2 Å². The first-order valence-electron chi connectivity index (χ1n) is 9.72. The Bertz CT molecular complexity index is 1160. The molecule has 1 aliphatic rings. The molecule has 8 heteroatoms. The van der Waals surface area contributed by atoms with Crippen molar-refractivity contribution in [2.45, 2.75) is 30.7 Å². The highest BCUT2D eigenvalue weighted by atomic mass is 35.5. The van der Waals surface area contributed by atoms with E-state index < -0.39 is 0 Å². The van der Waals surface area contributed by atoms with Crippen molar-refractivity contribution in [2.24, 2.45) is 0 Å². The number of pyridine rings is 1. The quantitative estimate of drug-likeness (QED) is 0.432. The van der Waals surface area contributed by atoms with E-state index in [9.17, 15) is 0 Å². The summed E-state index contributed by atoms with van der Waals surface area (Å²) in [6, 6.07) is 12.0. The Kier molecular flexibility index (Phi) is 4.93. The van der Waals surface area contributed by atoms with Crippen molar-refractivity contribution < 1.29 is 0 Å². The van der Waals surface area contributed by atoms with Gasteiger partial charge in [-0.1, -0.05) is 41.6 Å². The molecule has 0 N–H and O–H groups in total. The van der Waals surface area contributed by atoms with Gasteiger partial charge >= 0.3 is 0 Å². The van der Waals surface area contributed by atoms with Crippen LogP contribution in [0, 0.1) is 6.92 Å². The van der Waals surface area contributed by atoms with Crippen molar-refractivity contribution in [3.8, 4) is 5.69 Å². The smallest absolute Gasteiger partial charge is 0.232 e. The number of nitrogens with zero attached hydrogens (tertiary/aromatic N) is 6. The van der Waals surface area contributed by atoms with Gasteiger partial charge in [0.2, 0.25) is 5.95 Å². The highest BCUT2D eigenvalue weighted by Crippen LogP contribution is 2.33. The lowest BCUT2D eigenvalue weighted by Crippen LogP contribution is -2.22. The van der Waals surface area contributed by atoms with Crippen molar-refractivity contribution in [1.29, 1.82) is 0 Å². The van der Waals surface area contributed by atoms with Crippen molar-refractivity contribution >= 4 is 35.0 Å². The molecule has 3 aromatic heterocycles. The van der Waals surface area contributed by atoms with Gasteiger partial charge in [0, 0.05) is 31.2 Å². The molecule has 1 saturated heterocycles. The van der Waals surface area contributed by atoms with Gasteiger partial charge in [-0.3, -0.25) is 4.57 Å². The molecule has 0 aliphatic carbocycles. The summed E-state index contributed by atoms with van der Waals surface area (Å²) in [5.74, 6) is 1.58. The number of benzene rings is 1. The summed E-state index contributed by atoms with van der Waals surface area (Å²) in [5, 5.41) is 10.5. The van der Waals surface area contributed by atoms with E-state index in [1.807, 2.05) is 36.5 Å². The highest BCUT2D eigenvalue weighted by molar-refractivity contribution is 7.98.